The average molecular weight is 385 g/mol. The van der Waals surface area contributed by atoms with Gasteiger partial charge in [0.2, 0.25) is 0 Å². The van der Waals surface area contributed by atoms with Crippen molar-refractivity contribution in [2.24, 2.45) is 11.8 Å². The third-order valence-corrected chi connectivity index (χ3v) is 4.73. The van der Waals surface area contributed by atoms with E-state index in [1.165, 1.54) is 14.0 Å². The maximum Gasteiger partial charge on any atom is 0.309 e. The van der Waals surface area contributed by atoms with Gasteiger partial charge in [0.25, 0.3) is 0 Å². The molecule has 28 heavy (non-hydrogen) atoms. The summed E-state index contributed by atoms with van der Waals surface area (Å²) < 4.78 is 9.75. The van der Waals surface area contributed by atoms with Crippen molar-refractivity contribution in [3.63, 3.8) is 0 Å². The van der Waals surface area contributed by atoms with Gasteiger partial charge in [-0.15, -0.1) is 0 Å². The SMILES string of the molecule is COC(=O)[C@@H](C)[C@H](c1ccc(COC(C)=O)c(O)c1)C1CC1.c1ccncc1. The van der Waals surface area contributed by atoms with Crippen LogP contribution in [-0.4, -0.2) is 29.1 Å². The predicted molar refractivity (Wildman–Crippen MR) is 104 cm³/mol. The lowest BCUT2D eigenvalue weighted by atomic mass is 9.83. The van der Waals surface area contributed by atoms with E-state index in [2.05, 4.69) is 4.98 Å². The number of phenols is 1. The second kappa shape index (κ2) is 10.4. The van der Waals surface area contributed by atoms with Crippen molar-refractivity contribution in [1.82, 2.24) is 4.98 Å². The highest BCUT2D eigenvalue weighted by Gasteiger charge is 2.39. The Hall–Kier alpha value is -2.89. The largest absolute Gasteiger partial charge is 0.508 e. The predicted octanol–water partition coefficient (Wildman–Crippen LogP) is 3.84. The van der Waals surface area contributed by atoms with E-state index in [1.807, 2.05) is 31.2 Å². The van der Waals surface area contributed by atoms with Gasteiger partial charge in [-0.05, 0) is 48.4 Å². The van der Waals surface area contributed by atoms with Crippen LogP contribution in [0.4, 0.5) is 0 Å². The number of pyridine rings is 1. The first-order valence-corrected chi connectivity index (χ1v) is 9.32. The molecule has 0 aliphatic heterocycles. The van der Waals surface area contributed by atoms with Crippen LogP contribution in [0.2, 0.25) is 0 Å². The number of rotatable bonds is 6. The molecule has 1 aromatic heterocycles. The Morgan fingerprint density at radius 2 is 1.89 bits per heavy atom. The van der Waals surface area contributed by atoms with Gasteiger partial charge in [-0.1, -0.05) is 25.1 Å². The number of hydrogen-bond donors (Lipinski definition) is 1. The molecule has 0 radical (unpaired) electrons. The van der Waals surface area contributed by atoms with Crippen LogP contribution in [0.3, 0.4) is 0 Å². The number of aromatic nitrogens is 1. The number of ether oxygens (including phenoxy) is 2. The molecule has 1 aliphatic carbocycles. The summed E-state index contributed by atoms with van der Waals surface area (Å²) in [6.07, 6.45) is 5.67. The molecule has 0 bridgehead atoms. The Morgan fingerprint density at radius 1 is 1.21 bits per heavy atom. The maximum atomic E-state index is 11.8. The van der Waals surface area contributed by atoms with Gasteiger partial charge in [-0.2, -0.15) is 0 Å². The molecule has 1 aliphatic rings. The summed E-state index contributed by atoms with van der Waals surface area (Å²) >= 11 is 0. The minimum Gasteiger partial charge on any atom is -0.508 e. The van der Waals surface area contributed by atoms with E-state index in [1.54, 1.807) is 24.5 Å². The molecule has 0 amide bonds. The monoisotopic (exact) mass is 385 g/mol. The Labute approximate surface area is 165 Å². The van der Waals surface area contributed by atoms with Gasteiger partial charge in [-0.25, -0.2) is 0 Å². The summed E-state index contributed by atoms with van der Waals surface area (Å²) in [4.78, 5) is 26.5. The number of phenolic OH excluding ortho intramolecular Hbond substituents is 1. The van der Waals surface area contributed by atoms with Gasteiger partial charge in [0, 0.05) is 24.9 Å². The van der Waals surface area contributed by atoms with Gasteiger partial charge in [0.1, 0.15) is 12.4 Å². The Kier molecular flexibility index (Phi) is 7.99. The van der Waals surface area contributed by atoms with Crippen LogP contribution in [-0.2, 0) is 25.7 Å². The van der Waals surface area contributed by atoms with Crippen molar-refractivity contribution in [3.05, 3.63) is 59.9 Å². The number of carbonyl (C=O) groups is 2. The Balaban J connectivity index is 0.000000397. The molecule has 1 N–H and O–H groups in total. The molecule has 1 aromatic carbocycles. The fourth-order valence-electron chi connectivity index (χ4n) is 3.16. The molecule has 1 saturated carbocycles. The molecule has 0 saturated heterocycles. The van der Waals surface area contributed by atoms with E-state index in [0.29, 0.717) is 11.5 Å². The second-order valence-electron chi connectivity index (χ2n) is 6.87. The number of aromatic hydroxyl groups is 1. The van der Waals surface area contributed by atoms with Crippen LogP contribution < -0.4 is 0 Å². The molecule has 0 spiro atoms. The van der Waals surface area contributed by atoms with Gasteiger partial charge in [-0.3, -0.25) is 14.6 Å². The fourth-order valence-corrected chi connectivity index (χ4v) is 3.16. The number of benzene rings is 1. The van der Waals surface area contributed by atoms with Crippen molar-refractivity contribution in [2.45, 2.75) is 39.2 Å². The molecular formula is C22H27NO5. The third-order valence-electron chi connectivity index (χ3n) is 4.73. The minimum atomic E-state index is -0.390. The number of hydrogen-bond acceptors (Lipinski definition) is 6. The standard InChI is InChI=1S/C17H22O5.C5H5N/c1-10(17(20)21-3)16(12-4-5-12)13-6-7-14(15(19)8-13)9-22-11(2)18;1-2-4-6-5-3-1/h6-8,10,12,16,19H,4-5,9H2,1-3H3;1-5H/t10-,16-;/m0./s1. The topological polar surface area (TPSA) is 85.7 Å². The highest BCUT2D eigenvalue weighted by Crippen LogP contribution is 2.47. The summed E-state index contributed by atoms with van der Waals surface area (Å²) in [5, 5.41) is 10.1. The van der Waals surface area contributed by atoms with Gasteiger partial charge in [0.05, 0.1) is 13.0 Å². The smallest absolute Gasteiger partial charge is 0.309 e. The van der Waals surface area contributed by atoms with E-state index in [4.69, 9.17) is 9.47 Å². The molecular weight excluding hydrogens is 358 g/mol. The quantitative estimate of drug-likeness (QED) is 0.761. The lowest BCUT2D eigenvalue weighted by Gasteiger charge is -2.23. The summed E-state index contributed by atoms with van der Waals surface area (Å²) in [5.41, 5.74) is 1.48. The highest BCUT2D eigenvalue weighted by atomic mass is 16.5. The van der Waals surface area contributed by atoms with Crippen LogP contribution >= 0.6 is 0 Å². The summed E-state index contributed by atoms with van der Waals surface area (Å²) in [7, 11) is 1.39. The zero-order chi connectivity index (χ0) is 20.5. The van der Waals surface area contributed by atoms with Gasteiger partial charge in [0.15, 0.2) is 0 Å². The molecule has 2 aromatic rings. The van der Waals surface area contributed by atoms with Crippen LogP contribution in [0, 0.1) is 11.8 Å². The Bertz CT molecular complexity index is 747. The Morgan fingerprint density at radius 3 is 2.32 bits per heavy atom. The first kappa shape index (κ1) is 21.4. The van der Waals surface area contributed by atoms with Crippen molar-refractivity contribution >= 4 is 11.9 Å². The molecule has 1 fully saturated rings. The van der Waals surface area contributed by atoms with Crippen LogP contribution in [0.25, 0.3) is 0 Å². The number of methoxy groups -OCH3 is 1. The lowest BCUT2D eigenvalue weighted by Crippen LogP contribution is -2.22. The molecule has 1 heterocycles. The molecule has 6 heteroatoms. The summed E-state index contributed by atoms with van der Waals surface area (Å²) in [5.74, 6) is -0.300. The van der Waals surface area contributed by atoms with Crippen LogP contribution in [0.15, 0.2) is 48.8 Å². The lowest BCUT2D eigenvalue weighted by molar-refractivity contribution is -0.146. The number of carbonyl (C=O) groups excluding carboxylic acids is 2. The zero-order valence-electron chi connectivity index (χ0n) is 16.5. The molecule has 2 atom stereocenters. The van der Waals surface area contributed by atoms with E-state index in [9.17, 15) is 14.7 Å². The third kappa shape index (κ3) is 6.37. The average Bonchev–Trinajstić information content (AvgIpc) is 3.53. The normalized spacial score (nSPS) is 14.8. The molecule has 150 valence electrons. The van der Waals surface area contributed by atoms with Crippen LogP contribution in [0.5, 0.6) is 5.75 Å². The van der Waals surface area contributed by atoms with E-state index >= 15 is 0 Å². The first-order chi connectivity index (χ1) is 13.4. The van der Waals surface area contributed by atoms with Crippen LogP contribution in [0.1, 0.15) is 43.7 Å². The highest BCUT2D eigenvalue weighted by molar-refractivity contribution is 5.73. The summed E-state index contributed by atoms with van der Waals surface area (Å²) in [6.45, 7) is 3.23. The van der Waals surface area contributed by atoms with E-state index in [-0.39, 0.29) is 30.2 Å². The van der Waals surface area contributed by atoms with Crippen molar-refractivity contribution in [2.75, 3.05) is 7.11 Å². The number of nitrogens with zero attached hydrogens (tertiary/aromatic N) is 1. The number of esters is 2. The molecule has 3 rings (SSSR count). The summed E-state index contributed by atoms with van der Waals surface area (Å²) in [6, 6.07) is 11.0. The second-order valence-corrected chi connectivity index (χ2v) is 6.87. The minimum absolute atomic E-state index is 0.0427. The van der Waals surface area contributed by atoms with E-state index in [0.717, 1.165) is 18.4 Å². The maximum absolute atomic E-state index is 11.8. The van der Waals surface area contributed by atoms with Crippen molar-refractivity contribution in [3.8, 4) is 5.75 Å². The molecule has 0 unspecified atom stereocenters. The fraction of sp³-hybridized carbons (Fsp3) is 0.409. The van der Waals surface area contributed by atoms with Gasteiger partial charge < -0.3 is 14.6 Å². The van der Waals surface area contributed by atoms with Crippen molar-refractivity contribution in [1.29, 1.82) is 0 Å². The zero-order valence-corrected chi connectivity index (χ0v) is 16.5. The van der Waals surface area contributed by atoms with Gasteiger partial charge >= 0.3 is 11.9 Å². The van der Waals surface area contributed by atoms with E-state index < -0.39 is 5.97 Å². The first-order valence-electron chi connectivity index (χ1n) is 9.32. The van der Waals surface area contributed by atoms with Crippen molar-refractivity contribution < 1.29 is 24.2 Å². The molecule has 6 nitrogen and oxygen atoms in total.